The van der Waals surface area contributed by atoms with E-state index in [1.807, 2.05) is 0 Å². The second kappa shape index (κ2) is 3.31. The van der Waals surface area contributed by atoms with Crippen LogP contribution in [0, 0.1) is 0 Å². The number of nitrogen functional groups attached to an aromatic ring is 1. The Hall–Kier alpha value is -0.540. The first-order valence-electron chi connectivity index (χ1n) is 4.49. The van der Waals surface area contributed by atoms with Crippen molar-refractivity contribution < 1.29 is 0 Å². The molecule has 0 bridgehead atoms. The molecule has 3 N–H and O–H groups in total. The number of hydrogen-bond acceptors (Lipinski definition) is 2. The summed E-state index contributed by atoms with van der Waals surface area (Å²) in [5, 5.41) is 3.42. The van der Waals surface area contributed by atoms with Crippen molar-refractivity contribution in [3.05, 3.63) is 27.7 Å². The first kappa shape index (κ1) is 9.03. The Kier molecular flexibility index (Phi) is 2.30. The van der Waals surface area contributed by atoms with Crippen LogP contribution in [0.5, 0.6) is 0 Å². The van der Waals surface area contributed by atoms with Crippen LogP contribution >= 0.6 is 15.9 Å². The van der Waals surface area contributed by atoms with E-state index in [0.717, 1.165) is 23.1 Å². The zero-order valence-electron chi connectivity index (χ0n) is 7.60. The molecular formula is C10H13BrN2. The molecule has 1 aromatic carbocycles. The van der Waals surface area contributed by atoms with Gasteiger partial charge in [-0.25, -0.2) is 0 Å². The molecular weight excluding hydrogens is 228 g/mol. The number of benzene rings is 1. The van der Waals surface area contributed by atoms with Crippen LogP contribution in [0.15, 0.2) is 16.6 Å². The van der Waals surface area contributed by atoms with Crippen molar-refractivity contribution in [2.45, 2.75) is 19.4 Å². The summed E-state index contributed by atoms with van der Waals surface area (Å²) in [6.07, 6.45) is 1.08. The second-order valence-corrected chi connectivity index (χ2v) is 4.35. The molecule has 0 amide bonds. The summed E-state index contributed by atoms with van der Waals surface area (Å²) < 4.78 is 1.00. The third kappa shape index (κ3) is 1.58. The lowest BCUT2D eigenvalue weighted by Gasteiger charge is -2.24. The van der Waals surface area contributed by atoms with Crippen molar-refractivity contribution in [1.29, 1.82) is 0 Å². The maximum Gasteiger partial charge on any atom is 0.0461 e. The molecule has 0 radical (unpaired) electrons. The van der Waals surface area contributed by atoms with E-state index in [-0.39, 0.29) is 0 Å². The van der Waals surface area contributed by atoms with Gasteiger partial charge in [0.2, 0.25) is 0 Å². The van der Waals surface area contributed by atoms with Crippen molar-refractivity contribution in [3.8, 4) is 0 Å². The van der Waals surface area contributed by atoms with Crippen molar-refractivity contribution in [2.75, 3.05) is 12.3 Å². The number of fused-ring (bicyclic) bond motifs is 1. The fraction of sp³-hybridized carbons (Fsp3) is 0.400. The number of anilines is 1. The van der Waals surface area contributed by atoms with Gasteiger partial charge in [-0.3, -0.25) is 0 Å². The molecule has 0 spiro atoms. The summed E-state index contributed by atoms with van der Waals surface area (Å²) >= 11 is 3.45. The lowest BCUT2D eigenvalue weighted by Crippen LogP contribution is -2.27. The minimum absolute atomic E-state index is 0.445. The van der Waals surface area contributed by atoms with Gasteiger partial charge < -0.3 is 11.1 Å². The van der Waals surface area contributed by atoms with Crippen LogP contribution in [0.4, 0.5) is 5.69 Å². The van der Waals surface area contributed by atoms with Crippen molar-refractivity contribution >= 4 is 21.6 Å². The highest BCUT2D eigenvalue weighted by atomic mass is 79.9. The Balaban J connectivity index is 2.52. The van der Waals surface area contributed by atoms with Gasteiger partial charge >= 0.3 is 0 Å². The molecule has 13 heavy (non-hydrogen) atoms. The van der Waals surface area contributed by atoms with Crippen LogP contribution in [0.25, 0.3) is 0 Å². The highest BCUT2D eigenvalue weighted by molar-refractivity contribution is 9.10. The normalized spacial score (nSPS) is 21.2. The van der Waals surface area contributed by atoms with Gasteiger partial charge in [0.25, 0.3) is 0 Å². The molecule has 0 aliphatic carbocycles. The lowest BCUT2D eigenvalue weighted by molar-refractivity contribution is 0.541. The van der Waals surface area contributed by atoms with Crippen LogP contribution in [-0.4, -0.2) is 6.54 Å². The number of halogens is 1. The molecule has 1 heterocycles. The molecule has 2 nitrogen and oxygen atoms in total. The molecule has 0 aromatic heterocycles. The maximum atomic E-state index is 5.82. The lowest BCUT2D eigenvalue weighted by atomic mass is 9.95. The topological polar surface area (TPSA) is 38.0 Å². The van der Waals surface area contributed by atoms with Crippen LogP contribution < -0.4 is 11.1 Å². The number of nitrogens with one attached hydrogen (secondary N) is 1. The molecule has 0 fully saturated rings. The Morgan fingerprint density at radius 3 is 3.08 bits per heavy atom. The van der Waals surface area contributed by atoms with Crippen LogP contribution in [0.1, 0.15) is 24.1 Å². The third-order valence-corrected chi connectivity index (χ3v) is 3.26. The standard InChI is InChI=1S/C10H13BrN2/c1-6-8-5-9(11)10(12)4-7(8)2-3-13-6/h4-6,13H,2-3,12H2,1H3. The van der Waals surface area contributed by atoms with Crippen LogP contribution in [-0.2, 0) is 6.42 Å². The molecule has 1 aliphatic rings. The van der Waals surface area contributed by atoms with E-state index < -0.39 is 0 Å². The van der Waals surface area contributed by atoms with E-state index in [4.69, 9.17) is 5.73 Å². The highest BCUT2D eigenvalue weighted by Gasteiger charge is 2.16. The quantitative estimate of drug-likeness (QED) is 0.683. The SMILES string of the molecule is CC1NCCc2cc(N)c(Br)cc21. The number of rotatable bonds is 0. The molecule has 1 unspecified atom stereocenters. The fourth-order valence-corrected chi connectivity index (χ4v) is 2.17. The van der Waals surface area contributed by atoms with Gasteiger partial charge in [-0.1, -0.05) is 0 Å². The maximum absolute atomic E-state index is 5.82. The summed E-state index contributed by atoms with van der Waals surface area (Å²) in [4.78, 5) is 0. The van der Waals surface area contributed by atoms with Gasteiger partial charge in [0.05, 0.1) is 0 Å². The largest absolute Gasteiger partial charge is 0.398 e. The minimum atomic E-state index is 0.445. The van der Waals surface area contributed by atoms with Gasteiger partial charge in [-0.2, -0.15) is 0 Å². The van der Waals surface area contributed by atoms with Crippen molar-refractivity contribution in [3.63, 3.8) is 0 Å². The molecule has 1 aromatic rings. The zero-order chi connectivity index (χ0) is 9.42. The van der Waals surface area contributed by atoms with Crippen LogP contribution in [0.2, 0.25) is 0 Å². The van der Waals surface area contributed by atoms with Gasteiger partial charge in [0.15, 0.2) is 0 Å². The van der Waals surface area contributed by atoms with Gasteiger partial charge in [-0.15, -0.1) is 0 Å². The summed E-state index contributed by atoms with van der Waals surface area (Å²) in [5.41, 5.74) is 9.41. The van der Waals surface area contributed by atoms with E-state index in [9.17, 15) is 0 Å². The summed E-state index contributed by atoms with van der Waals surface area (Å²) in [5.74, 6) is 0. The summed E-state index contributed by atoms with van der Waals surface area (Å²) in [6.45, 7) is 3.23. The fourth-order valence-electron chi connectivity index (χ4n) is 1.81. The van der Waals surface area contributed by atoms with Gasteiger partial charge in [-0.05, 0) is 59.1 Å². The average molecular weight is 241 g/mol. The molecule has 70 valence electrons. The highest BCUT2D eigenvalue weighted by Crippen LogP contribution is 2.30. The summed E-state index contributed by atoms with van der Waals surface area (Å²) in [6, 6.07) is 4.65. The molecule has 2 rings (SSSR count). The molecule has 0 saturated heterocycles. The molecule has 0 saturated carbocycles. The first-order valence-corrected chi connectivity index (χ1v) is 5.29. The van der Waals surface area contributed by atoms with E-state index in [1.54, 1.807) is 0 Å². The zero-order valence-corrected chi connectivity index (χ0v) is 9.19. The molecule has 1 atom stereocenters. The van der Waals surface area contributed by atoms with E-state index in [1.165, 1.54) is 11.1 Å². The predicted molar refractivity (Wildman–Crippen MR) is 58.7 cm³/mol. The summed E-state index contributed by atoms with van der Waals surface area (Å²) in [7, 11) is 0. The van der Waals surface area contributed by atoms with Gasteiger partial charge in [0, 0.05) is 16.2 Å². The van der Waals surface area contributed by atoms with Crippen LogP contribution in [0.3, 0.4) is 0 Å². The Labute approximate surface area is 86.6 Å². The number of nitrogens with two attached hydrogens (primary N) is 1. The van der Waals surface area contributed by atoms with E-state index in [2.05, 4.69) is 40.3 Å². The minimum Gasteiger partial charge on any atom is -0.398 e. The smallest absolute Gasteiger partial charge is 0.0461 e. The Morgan fingerprint density at radius 1 is 1.54 bits per heavy atom. The molecule has 3 heteroatoms. The monoisotopic (exact) mass is 240 g/mol. The average Bonchev–Trinajstić information content (AvgIpc) is 2.09. The molecule has 1 aliphatic heterocycles. The van der Waals surface area contributed by atoms with Crippen molar-refractivity contribution in [1.82, 2.24) is 5.32 Å². The van der Waals surface area contributed by atoms with Gasteiger partial charge in [0.1, 0.15) is 0 Å². The second-order valence-electron chi connectivity index (χ2n) is 3.50. The van der Waals surface area contributed by atoms with E-state index in [0.29, 0.717) is 6.04 Å². The van der Waals surface area contributed by atoms with Crippen molar-refractivity contribution in [2.24, 2.45) is 0 Å². The first-order chi connectivity index (χ1) is 6.18. The third-order valence-electron chi connectivity index (χ3n) is 2.57. The Bertz CT molecular complexity index is 336. The number of hydrogen-bond donors (Lipinski definition) is 2. The van der Waals surface area contributed by atoms with E-state index >= 15 is 0 Å². The predicted octanol–water partition coefficient (Wildman–Crippen LogP) is 2.24. The Morgan fingerprint density at radius 2 is 2.31 bits per heavy atom.